The number of carbonyl (C=O) groups is 2. The van der Waals surface area contributed by atoms with Crippen LogP contribution < -0.4 is 10.1 Å². The molecule has 4 rings (SSSR count). The highest BCUT2D eigenvalue weighted by atomic mass is 16.6. The number of fused-ring (bicyclic) bond motifs is 1. The van der Waals surface area contributed by atoms with Crippen molar-refractivity contribution in [2.24, 2.45) is 0 Å². The molecule has 0 aromatic heterocycles. The van der Waals surface area contributed by atoms with Crippen LogP contribution in [0, 0.1) is 0 Å². The largest absolute Gasteiger partial charge is 0.467 e. The van der Waals surface area contributed by atoms with E-state index in [9.17, 15) is 9.59 Å². The van der Waals surface area contributed by atoms with Gasteiger partial charge in [-0.25, -0.2) is 9.59 Å². The van der Waals surface area contributed by atoms with E-state index in [-0.39, 0.29) is 6.42 Å². The molecule has 1 aliphatic rings. The fourth-order valence-electron chi connectivity index (χ4n) is 4.85. The number of hydrogen-bond acceptors (Lipinski definition) is 5. The van der Waals surface area contributed by atoms with Gasteiger partial charge in [0.1, 0.15) is 22.6 Å². The second kappa shape index (κ2) is 10.9. The zero-order valence-corrected chi connectivity index (χ0v) is 23.1. The second-order valence-electron chi connectivity index (χ2n) is 11.2. The topological polar surface area (TPSA) is 73.9 Å². The zero-order chi connectivity index (χ0) is 27.5. The first kappa shape index (κ1) is 27.2. The number of amides is 1. The molecule has 38 heavy (non-hydrogen) atoms. The highest BCUT2D eigenvalue weighted by Gasteiger charge is 2.45. The average molecular weight is 516 g/mol. The minimum Gasteiger partial charge on any atom is -0.467 e. The molecule has 3 aromatic rings. The molecule has 0 aliphatic heterocycles. The summed E-state index contributed by atoms with van der Waals surface area (Å²) < 4.78 is 17.0. The first-order valence-electron chi connectivity index (χ1n) is 13.1. The maximum absolute atomic E-state index is 12.9. The van der Waals surface area contributed by atoms with E-state index in [1.165, 1.54) is 12.7 Å². The first-order valence-corrected chi connectivity index (χ1v) is 13.1. The molecule has 0 saturated carbocycles. The standard InChI is InChI=1S/C32H37NO5/c1-21(2)23-10-9-11-24(18-23)27-12-7-8-13-28(27)37-26-15-14-22-16-17-32(29(34)36-6,20-25(22)19-26)33-30(35)38-31(3,4)5/h7-15,18-19,21H,16-17,20H2,1-6H3,(H,33,35). The summed E-state index contributed by atoms with van der Waals surface area (Å²) >= 11 is 0. The van der Waals surface area contributed by atoms with Gasteiger partial charge in [0.05, 0.1) is 7.11 Å². The van der Waals surface area contributed by atoms with Crippen LogP contribution in [0.4, 0.5) is 4.79 Å². The summed E-state index contributed by atoms with van der Waals surface area (Å²) in [4.78, 5) is 25.6. The first-order chi connectivity index (χ1) is 18.0. The lowest BCUT2D eigenvalue weighted by Gasteiger charge is -2.36. The van der Waals surface area contributed by atoms with Crippen LogP contribution in [-0.4, -0.2) is 30.3 Å². The Balaban J connectivity index is 1.62. The SMILES string of the molecule is COC(=O)C1(NC(=O)OC(C)(C)C)CCc2ccc(Oc3ccccc3-c3cccc(C(C)C)c3)cc2C1. The number of alkyl carbamates (subject to hydrolysis) is 1. The van der Waals surface area contributed by atoms with Gasteiger partial charge < -0.3 is 19.5 Å². The second-order valence-corrected chi connectivity index (χ2v) is 11.2. The molecule has 0 heterocycles. The van der Waals surface area contributed by atoms with E-state index in [0.29, 0.717) is 24.5 Å². The summed E-state index contributed by atoms with van der Waals surface area (Å²) in [6.07, 6.45) is 0.667. The van der Waals surface area contributed by atoms with Crippen molar-refractivity contribution in [3.05, 3.63) is 83.4 Å². The summed E-state index contributed by atoms with van der Waals surface area (Å²) in [5.74, 6) is 1.34. The van der Waals surface area contributed by atoms with Crippen molar-refractivity contribution in [3.63, 3.8) is 0 Å². The third kappa shape index (κ3) is 6.18. The van der Waals surface area contributed by atoms with Gasteiger partial charge in [-0.3, -0.25) is 0 Å². The normalized spacial score (nSPS) is 16.9. The zero-order valence-electron chi connectivity index (χ0n) is 23.1. The van der Waals surface area contributed by atoms with E-state index < -0.39 is 23.2 Å². The average Bonchev–Trinajstić information content (AvgIpc) is 2.87. The van der Waals surface area contributed by atoms with Crippen molar-refractivity contribution in [1.29, 1.82) is 0 Å². The Morgan fingerprint density at radius 3 is 2.42 bits per heavy atom. The Morgan fingerprint density at radius 1 is 0.947 bits per heavy atom. The van der Waals surface area contributed by atoms with Gasteiger partial charge in [-0.1, -0.05) is 62.4 Å². The van der Waals surface area contributed by atoms with E-state index >= 15 is 0 Å². The molecule has 6 nitrogen and oxygen atoms in total. The van der Waals surface area contributed by atoms with Crippen molar-refractivity contribution in [2.75, 3.05) is 7.11 Å². The fraction of sp³-hybridized carbons (Fsp3) is 0.375. The van der Waals surface area contributed by atoms with Gasteiger partial charge in [0, 0.05) is 12.0 Å². The lowest BCUT2D eigenvalue weighted by atomic mass is 9.78. The van der Waals surface area contributed by atoms with Gasteiger partial charge in [-0.05, 0) is 80.0 Å². The quantitative estimate of drug-likeness (QED) is 0.352. The smallest absolute Gasteiger partial charge is 0.408 e. The molecule has 1 aliphatic carbocycles. The highest BCUT2D eigenvalue weighted by Crippen LogP contribution is 2.37. The van der Waals surface area contributed by atoms with Crippen LogP contribution in [-0.2, 0) is 27.1 Å². The van der Waals surface area contributed by atoms with E-state index in [1.54, 1.807) is 20.8 Å². The molecule has 0 saturated heterocycles. The summed E-state index contributed by atoms with van der Waals surface area (Å²) in [7, 11) is 1.33. The molecule has 200 valence electrons. The summed E-state index contributed by atoms with van der Waals surface area (Å²) in [5.41, 5.74) is 3.51. The number of rotatable bonds is 6. The van der Waals surface area contributed by atoms with Crippen molar-refractivity contribution < 1.29 is 23.8 Å². The predicted octanol–water partition coefficient (Wildman–Crippen LogP) is 7.19. The van der Waals surface area contributed by atoms with E-state index in [2.05, 4.69) is 49.5 Å². The fourth-order valence-corrected chi connectivity index (χ4v) is 4.85. The van der Waals surface area contributed by atoms with E-state index in [4.69, 9.17) is 14.2 Å². The maximum Gasteiger partial charge on any atom is 0.408 e. The molecule has 0 radical (unpaired) electrons. The number of esters is 1. The molecule has 6 heteroatoms. The van der Waals surface area contributed by atoms with Crippen LogP contribution in [0.15, 0.2) is 66.7 Å². The predicted molar refractivity (Wildman–Crippen MR) is 149 cm³/mol. The van der Waals surface area contributed by atoms with Crippen LogP contribution in [0.5, 0.6) is 11.5 Å². The number of methoxy groups -OCH3 is 1. The number of hydrogen-bond donors (Lipinski definition) is 1. The maximum atomic E-state index is 12.9. The van der Waals surface area contributed by atoms with Crippen LogP contribution in [0.25, 0.3) is 11.1 Å². The Morgan fingerprint density at radius 2 is 1.71 bits per heavy atom. The molecule has 0 spiro atoms. The summed E-state index contributed by atoms with van der Waals surface area (Å²) in [6.45, 7) is 9.72. The van der Waals surface area contributed by atoms with Crippen molar-refractivity contribution in [3.8, 4) is 22.6 Å². The van der Waals surface area contributed by atoms with Gasteiger partial charge in [-0.2, -0.15) is 0 Å². The van der Waals surface area contributed by atoms with Crippen LogP contribution >= 0.6 is 0 Å². The van der Waals surface area contributed by atoms with Crippen molar-refractivity contribution >= 4 is 12.1 Å². The lowest BCUT2D eigenvalue weighted by Crippen LogP contribution is -2.59. The van der Waals surface area contributed by atoms with Gasteiger partial charge in [0.2, 0.25) is 0 Å². The Bertz CT molecular complexity index is 1320. The van der Waals surface area contributed by atoms with Gasteiger partial charge in [0.15, 0.2) is 0 Å². The minimum absolute atomic E-state index is 0.281. The van der Waals surface area contributed by atoms with Gasteiger partial charge in [-0.15, -0.1) is 0 Å². The molecule has 0 fully saturated rings. The molecular formula is C32H37NO5. The number of benzene rings is 3. The van der Waals surface area contributed by atoms with Crippen molar-refractivity contribution in [1.82, 2.24) is 5.32 Å². The van der Waals surface area contributed by atoms with Crippen LogP contribution in [0.3, 0.4) is 0 Å². The monoisotopic (exact) mass is 515 g/mol. The number of para-hydroxylation sites is 1. The number of ether oxygens (including phenoxy) is 3. The summed E-state index contributed by atoms with van der Waals surface area (Å²) in [5, 5.41) is 2.82. The molecule has 3 aromatic carbocycles. The number of aryl methyl sites for hydroxylation is 1. The number of nitrogens with one attached hydrogen (secondary N) is 1. The Labute approximate surface area is 225 Å². The Hall–Kier alpha value is -3.80. The van der Waals surface area contributed by atoms with Crippen LogP contribution in [0.2, 0.25) is 0 Å². The van der Waals surface area contributed by atoms with E-state index in [0.717, 1.165) is 28.0 Å². The molecule has 1 amide bonds. The summed E-state index contributed by atoms with van der Waals surface area (Å²) in [6, 6.07) is 22.4. The molecule has 1 N–H and O–H groups in total. The third-order valence-electron chi connectivity index (χ3n) is 6.79. The van der Waals surface area contributed by atoms with Gasteiger partial charge in [0.25, 0.3) is 0 Å². The molecule has 1 atom stereocenters. The molecule has 1 unspecified atom stereocenters. The third-order valence-corrected chi connectivity index (χ3v) is 6.79. The van der Waals surface area contributed by atoms with E-state index in [1.807, 2.05) is 36.4 Å². The Kier molecular flexibility index (Phi) is 7.81. The molecule has 0 bridgehead atoms. The molecular weight excluding hydrogens is 478 g/mol. The lowest BCUT2D eigenvalue weighted by molar-refractivity contribution is -0.149. The van der Waals surface area contributed by atoms with Crippen molar-refractivity contribution in [2.45, 2.75) is 70.9 Å². The highest BCUT2D eigenvalue weighted by molar-refractivity contribution is 5.86. The van der Waals surface area contributed by atoms with Gasteiger partial charge >= 0.3 is 12.1 Å². The van der Waals surface area contributed by atoms with Crippen LogP contribution in [0.1, 0.15) is 63.6 Å². The number of carbonyl (C=O) groups excluding carboxylic acids is 2. The minimum atomic E-state index is -1.21.